The van der Waals surface area contributed by atoms with Gasteiger partial charge in [-0.3, -0.25) is 4.90 Å². The smallest absolute Gasteiger partial charge is 0.393 e. The average Bonchev–Trinajstić information content (AvgIpc) is 2.88. The summed E-state index contributed by atoms with van der Waals surface area (Å²) in [7, 11) is 0. The van der Waals surface area contributed by atoms with Crippen molar-refractivity contribution in [3.63, 3.8) is 0 Å². The van der Waals surface area contributed by atoms with Crippen molar-refractivity contribution >= 4 is 23.8 Å². The highest BCUT2D eigenvalue weighted by Gasteiger charge is 2.41. The lowest BCUT2D eigenvalue weighted by atomic mass is 9.98. The van der Waals surface area contributed by atoms with Crippen molar-refractivity contribution in [2.75, 3.05) is 13.1 Å². The zero-order valence-corrected chi connectivity index (χ0v) is 14.2. The van der Waals surface area contributed by atoms with Gasteiger partial charge in [0.05, 0.1) is 23.2 Å². The molecule has 0 radical (unpaired) electrons. The van der Waals surface area contributed by atoms with E-state index in [0.717, 1.165) is 0 Å². The molecule has 1 aromatic heterocycles. The molecule has 0 N–H and O–H groups in total. The van der Waals surface area contributed by atoms with Gasteiger partial charge in [0.1, 0.15) is 0 Å². The van der Waals surface area contributed by atoms with Crippen molar-refractivity contribution < 1.29 is 17.6 Å². The van der Waals surface area contributed by atoms with E-state index in [0.29, 0.717) is 23.6 Å². The van der Waals surface area contributed by atoms with Crippen molar-refractivity contribution in [2.45, 2.75) is 25.7 Å². The van der Waals surface area contributed by atoms with Crippen LogP contribution in [0.3, 0.4) is 0 Å². The Kier molecular flexibility index (Phi) is 4.98. The Morgan fingerprint density at radius 3 is 2.79 bits per heavy atom. The predicted octanol–water partition coefficient (Wildman–Crippen LogP) is 4.76. The molecule has 2 heterocycles. The first-order valence-corrected chi connectivity index (χ1v) is 8.25. The molecule has 0 saturated carbocycles. The number of alkyl halides is 3. The second-order valence-corrected chi connectivity index (χ2v) is 6.51. The number of nitrogens with zero attached hydrogens (tertiary/aromatic N) is 3. The highest BCUT2D eigenvalue weighted by Crippen LogP contribution is 2.33. The summed E-state index contributed by atoms with van der Waals surface area (Å²) in [5.41, 5.74) is 0.593. The van der Waals surface area contributed by atoms with Crippen LogP contribution in [-0.4, -0.2) is 33.9 Å². The first kappa shape index (κ1) is 17.4. The summed E-state index contributed by atoms with van der Waals surface area (Å²) in [5.74, 6) is -1.05. The van der Waals surface area contributed by atoms with Gasteiger partial charge in [-0.15, -0.1) is 5.10 Å². The van der Waals surface area contributed by atoms with Gasteiger partial charge in [0.2, 0.25) is 5.89 Å². The fraction of sp³-hybridized carbons (Fsp3) is 0.467. The highest BCUT2D eigenvalue weighted by atomic mass is 35.5. The molecule has 3 rings (SSSR count). The topological polar surface area (TPSA) is 34.2 Å². The second kappa shape index (κ2) is 6.85. The predicted molar refractivity (Wildman–Crippen MR) is 86.1 cm³/mol. The number of likely N-dealkylation sites (tertiary alicyclic amines) is 1. The van der Waals surface area contributed by atoms with Crippen LogP contribution in [0.4, 0.5) is 13.2 Å². The molecule has 1 aliphatic rings. The molecule has 130 valence electrons. The summed E-state index contributed by atoms with van der Waals surface area (Å²) in [6, 6.07) is 7.01. The summed E-state index contributed by atoms with van der Waals surface area (Å²) in [5, 5.41) is 4.73. The van der Waals surface area contributed by atoms with E-state index >= 15 is 0 Å². The maximum atomic E-state index is 12.9. The van der Waals surface area contributed by atoms with Gasteiger partial charge in [0.15, 0.2) is 0 Å². The van der Waals surface area contributed by atoms with E-state index in [1.807, 2.05) is 0 Å². The van der Waals surface area contributed by atoms with Crippen LogP contribution < -0.4 is 0 Å². The lowest BCUT2D eigenvalue weighted by Gasteiger charge is -2.33. The van der Waals surface area contributed by atoms with E-state index in [1.165, 1.54) is 4.68 Å². The third-order valence-electron chi connectivity index (χ3n) is 4.01. The van der Waals surface area contributed by atoms with Gasteiger partial charge in [0, 0.05) is 6.54 Å². The fourth-order valence-corrected chi connectivity index (χ4v) is 3.17. The van der Waals surface area contributed by atoms with Crippen molar-refractivity contribution in [2.24, 2.45) is 5.92 Å². The van der Waals surface area contributed by atoms with E-state index in [-0.39, 0.29) is 30.4 Å². The molecular weight excluding hydrogens is 363 g/mol. The summed E-state index contributed by atoms with van der Waals surface area (Å²) in [6.07, 6.45) is -3.52. The molecule has 1 aromatic carbocycles. The first-order chi connectivity index (χ1) is 11.3. The summed E-state index contributed by atoms with van der Waals surface area (Å²) in [6.45, 7) is 0.682. The van der Waals surface area contributed by atoms with Gasteiger partial charge < -0.3 is 4.42 Å². The number of piperidine rings is 1. The van der Waals surface area contributed by atoms with E-state index in [1.54, 1.807) is 29.2 Å². The van der Waals surface area contributed by atoms with Crippen LogP contribution in [0.5, 0.6) is 0 Å². The number of benzene rings is 1. The Labute approximate surface area is 146 Å². The van der Waals surface area contributed by atoms with E-state index in [2.05, 4.69) is 5.10 Å². The molecule has 0 aliphatic carbocycles. The molecule has 1 atom stereocenters. The Hall–Kier alpha value is -1.38. The molecule has 1 fully saturated rings. The van der Waals surface area contributed by atoms with Crippen LogP contribution in [0.2, 0.25) is 5.02 Å². The molecule has 9 heteroatoms. The Balaban J connectivity index is 1.77. The minimum atomic E-state index is -4.17. The van der Waals surface area contributed by atoms with Crippen LogP contribution in [0.15, 0.2) is 28.7 Å². The summed E-state index contributed by atoms with van der Waals surface area (Å²) in [4.78, 5) is 1.80. The molecule has 1 aliphatic heterocycles. The highest BCUT2D eigenvalue weighted by molar-refractivity contribution is 7.71. The van der Waals surface area contributed by atoms with Crippen LogP contribution in [0.1, 0.15) is 12.8 Å². The third kappa shape index (κ3) is 3.81. The molecule has 2 aromatic rings. The fourth-order valence-electron chi connectivity index (χ4n) is 2.78. The Morgan fingerprint density at radius 1 is 1.33 bits per heavy atom. The molecule has 0 spiro atoms. The monoisotopic (exact) mass is 377 g/mol. The normalized spacial score (nSPS) is 19.6. The quantitative estimate of drug-likeness (QED) is 0.722. The Bertz CT molecular complexity index is 774. The maximum Gasteiger partial charge on any atom is 0.393 e. The molecule has 0 bridgehead atoms. The van der Waals surface area contributed by atoms with E-state index in [4.69, 9.17) is 28.2 Å². The molecule has 1 saturated heterocycles. The van der Waals surface area contributed by atoms with Gasteiger partial charge in [-0.25, -0.2) is 4.68 Å². The van der Waals surface area contributed by atoms with E-state index < -0.39 is 12.1 Å². The number of aromatic nitrogens is 2. The average molecular weight is 378 g/mol. The van der Waals surface area contributed by atoms with Gasteiger partial charge in [-0.05, 0) is 43.7 Å². The van der Waals surface area contributed by atoms with Crippen molar-refractivity contribution in [1.29, 1.82) is 0 Å². The van der Waals surface area contributed by atoms with E-state index in [9.17, 15) is 13.2 Å². The van der Waals surface area contributed by atoms with Crippen LogP contribution in [-0.2, 0) is 6.67 Å². The standard InChI is InChI=1S/C15H15ClF3N3OS/c16-12-6-2-1-5-11(12)13-20-22(14(24)23-13)9-21-7-3-4-10(8-21)15(17,18)19/h1-2,5-6,10H,3-4,7-9H2. The number of hydrogen-bond donors (Lipinski definition) is 0. The molecule has 4 nitrogen and oxygen atoms in total. The van der Waals surface area contributed by atoms with Crippen LogP contribution in [0, 0.1) is 10.8 Å². The first-order valence-electron chi connectivity index (χ1n) is 7.46. The summed E-state index contributed by atoms with van der Waals surface area (Å²) < 4.78 is 45.5. The lowest BCUT2D eigenvalue weighted by molar-refractivity contribution is -0.188. The SMILES string of the molecule is FC(F)(F)C1CCCN(Cn2nc(-c3ccccc3Cl)oc2=S)C1. The molecule has 1 unspecified atom stereocenters. The lowest BCUT2D eigenvalue weighted by Crippen LogP contribution is -2.42. The molecular formula is C15H15ClF3N3OS. The van der Waals surface area contributed by atoms with Crippen LogP contribution in [0.25, 0.3) is 11.5 Å². The second-order valence-electron chi connectivity index (χ2n) is 5.75. The Morgan fingerprint density at radius 2 is 2.08 bits per heavy atom. The minimum absolute atomic E-state index is 0.0560. The van der Waals surface area contributed by atoms with Crippen molar-refractivity contribution in [1.82, 2.24) is 14.7 Å². The van der Waals surface area contributed by atoms with Gasteiger partial charge >= 0.3 is 6.18 Å². The third-order valence-corrected chi connectivity index (χ3v) is 4.64. The van der Waals surface area contributed by atoms with Gasteiger partial charge in [-0.2, -0.15) is 13.2 Å². The number of hydrogen-bond acceptors (Lipinski definition) is 4. The maximum absolute atomic E-state index is 12.9. The largest absolute Gasteiger partial charge is 0.409 e. The van der Waals surface area contributed by atoms with Gasteiger partial charge in [0.25, 0.3) is 4.84 Å². The van der Waals surface area contributed by atoms with Crippen molar-refractivity contribution in [3.8, 4) is 11.5 Å². The zero-order valence-electron chi connectivity index (χ0n) is 12.6. The number of halogens is 4. The van der Waals surface area contributed by atoms with Crippen LogP contribution >= 0.6 is 23.8 Å². The zero-order chi connectivity index (χ0) is 17.3. The van der Waals surface area contributed by atoms with Gasteiger partial charge in [-0.1, -0.05) is 23.7 Å². The molecule has 0 amide bonds. The number of rotatable bonds is 3. The van der Waals surface area contributed by atoms with Crippen molar-refractivity contribution in [3.05, 3.63) is 34.1 Å². The molecule has 24 heavy (non-hydrogen) atoms. The summed E-state index contributed by atoms with van der Waals surface area (Å²) >= 11 is 11.2. The minimum Gasteiger partial charge on any atom is -0.409 e.